The minimum atomic E-state index is -3.74. The Hall–Kier alpha value is -1.27. The maximum absolute atomic E-state index is 10.6. The van der Waals surface area contributed by atoms with Gasteiger partial charge in [-0.2, -0.15) is 8.42 Å². The lowest BCUT2D eigenvalue weighted by Crippen LogP contribution is -2.22. The number of aromatic hydroxyl groups is 1. The van der Waals surface area contributed by atoms with E-state index in [0.29, 0.717) is 11.3 Å². The number of phenolic OH excluding ortho intramolecular Hbond substituents is 1. The first-order valence-electron chi connectivity index (χ1n) is 3.48. The van der Waals surface area contributed by atoms with E-state index < -0.39 is 10.2 Å². The number of hydrogen-bond acceptors (Lipinski definition) is 3. The van der Waals surface area contributed by atoms with Crippen molar-refractivity contribution in [3.05, 3.63) is 23.8 Å². The summed E-state index contributed by atoms with van der Waals surface area (Å²) in [5, 5.41) is 13.8. The summed E-state index contributed by atoms with van der Waals surface area (Å²) in [6.45, 7) is 1.66. The van der Waals surface area contributed by atoms with Gasteiger partial charge in [0.05, 0.1) is 5.69 Å². The number of aryl methyl sites for hydroxylation is 1. The van der Waals surface area contributed by atoms with Crippen LogP contribution in [0.4, 0.5) is 5.69 Å². The smallest absolute Gasteiger partial charge is 0.296 e. The number of anilines is 1. The molecule has 1 rings (SSSR count). The second-order valence-electron chi connectivity index (χ2n) is 2.65. The van der Waals surface area contributed by atoms with Gasteiger partial charge in [0.1, 0.15) is 5.75 Å². The molecule has 13 heavy (non-hydrogen) atoms. The highest BCUT2D eigenvalue weighted by Crippen LogP contribution is 2.20. The molecule has 0 atom stereocenters. The Morgan fingerprint density at radius 1 is 1.46 bits per heavy atom. The summed E-state index contributed by atoms with van der Waals surface area (Å²) in [6, 6.07) is 4.25. The molecule has 0 saturated heterocycles. The predicted octanol–water partition coefficient (Wildman–Crippen LogP) is 0.316. The fourth-order valence-electron chi connectivity index (χ4n) is 0.916. The average molecular weight is 202 g/mol. The van der Waals surface area contributed by atoms with Gasteiger partial charge in [0.2, 0.25) is 0 Å². The Balaban J connectivity index is 3.04. The van der Waals surface area contributed by atoms with Crippen LogP contribution in [0.1, 0.15) is 5.56 Å². The van der Waals surface area contributed by atoms with Crippen LogP contribution in [-0.4, -0.2) is 13.5 Å². The van der Waals surface area contributed by atoms with Crippen molar-refractivity contribution >= 4 is 15.9 Å². The molecule has 0 spiro atoms. The summed E-state index contributed by atoms with van der Waals surface area (Å²) in [5.41, 5.74) is 0.967. The van der Waals surface area contributed by atoms with E-state index in [1.165, 1.54) is 18.2 Å². The molecule has 0 amide bonds. The maximum Gasteiger partial charge on any atom is 0.296 e. The van der Waals surface area contributed by atoms with E-state index in [1.807, 2.05) is 0 Å². The molecule has 0 aliphatic carbocycles. The second kappa shape index (κ2) is 3.23. The fourth-order valence-corrected chi connectivity index (χ4v) is 1.45. The zero-order valence-corrected chi connectivity index (χ0v) is 7.80. The van der Waals surface area contributed by atoms with E-state index in [1.54, 1.807) is 6.92 Å². The van der Waals surface area contributed by atoms with Crippen LogP contribution in [0.15, 0.2) is 18.2 Å². The van der Waals surface area contributed by atoms with Gasteiger partial charge in [0, 0.05) is 0 Å². The second-order valence-corrected chi connectivity index (χ2v) is 3.94. The molecule has 0 radical (unpaired) electrons. The Kier molecular flexibility index (Phi) is 2.44. The van der Waals surface area contributed by atoms with Crippen molar-refractivity contribution in [3.63, 3.8) is 0 Å². The van der Waals surface area contributed by atoms with Crippen LogP contribution in [0, 0.1) is 6.92 Å². The summed E-state index contributed by atoms with van der Waals surface area (Å²) in [6.07, 6.45) is 0. The summed E-state index contributed by atoms with van der Waals surface area (Å²) in [7, 11) is -3.74. The molecule has 4 N–H and O–H groups in total. The number of nitrogens with one attached hydrogen (secondary N) is 1. The standard InChI is InChI=1S/C7H10N2O3S/c1-5-4-6(10)2-3-7(5)9-13(8,11)12/h2-4,9-10H,1H3,(H2,8,11,12). The van der Waals surface area contributed by atoms with E-state index in [0.717, 1.165) is 0 Å². The van der Waals surface area contributed by atoms with E-state index in [-0.39, 0.29) is 5.75 Å². The Morgan fingerprint density at radius 3 is 2.54 bits per heavy atom. The largest absolute Gasteiger partial charge is 0.508 e. The number of benzene rings is 1. The van der Waals surface area contributed by atoms with Gasteiger partial charge in [0.15, 0.2) is 0 Å². The van der Waals surface area contributed by atoms with E-state index in [2.05, 4.69) is 4.72 Å². The number of nitrogens with two attached hydrogens (primary N) is 1. The van der Waals surface area contributed by atoms with Crippen LogP contribution in [0.25, 0.3) is 0 Å². The van der Waals surface area contributed by atoms with Gasteiger partial charge in [0.25, 0.3) is 10.2 Å². The number of rotatable bonds is 2. The molecule has 0 aliphatic heterocycles. The molecular formula is C7H10N2O3S. The topological polar surface area (TPSA) is 92.4 Å². The van der Waals surface area contributed by atoms with Gasteiger partial charge in [-0.15, -0.1) is 0 Å². The lowest BCUT2D eigenvalue weighted by atomic mass is 10.2. The zero-order chi connectivity index (χ0) is 10.1. The number of phenols is 1. The molecule has 0 bridgehead atoms. The molecule has 0 fully saturated rings. The average Bonchev–Trinajstić information content (AvgIpc) is 1.93. The molecule has 0 aliphatic rings. The van der Waals surface area contributed by atoms with Gasteiger partial charge in [-0.05, 0) is 30.7 Å². The van der Waals surface area contributed by atoms with Crippen LogP contribution in [0.2, 0.25) is 0 Å². The third-order valence-corrected chi connectivity index (χ3v) is 1.97. The van der Waals surface area contributed by atoms with Crippen LogP contribution < -0.4 is 9.86 Å². The van der Waals surface area contributed by atoms with Crippen molar-refractivity contribution in [2.24, 2.45) is 5.14 Å². The summed E-state index contributed by atoms with van der Waals surface area (Å²) in [4.78, 5) is 0. The highest BCUT2D eigenvalue weighted by atomic mass is 32.2. The minimum absolute atomic E-state index is 0.0810. The molecular weight excluding hydrogens is 192 g/mol. The first-order chi connectivity index (χ1) is 5.88. The van der Waals surface area contributed by atoms with Crippen LogP contribution in [0.3, 0.4) is 0 Å². The molecule has 1 aromatic carbocycles. The first kappa shape index (κ1) is 9.82. The monoisotopic (exact) mass is 202 g/mol. The van der Waals surface area contributed by atoms with Crippen molar-refractivity contribution in [3.8, 4) is 5.75 Å². The molecule has 6 heteroatoms. The summed E-state index contributed by atoms with van der Waals surface area (Å²) >= 11 is 0. The van der Waals surface area contributed by atoms with Crippen LogP contribution in [-0.2, 0) is 10.2 Å². The molecule has 1 aromatic rings. The fraction of sp³-hybridized carbons (Fsp3) is 0.143. The third kappa shape index (κ3) is 2.92. The van der Waals surface area contributed by atoms with E-state index in [4.69, 9.17) is 10.2 Å². The molecule has 5 nitrogen and oxygen atoms in total. The lowest BCUT2D eigenvalue weighted by molar-refractivity contribution is 0.475. The van der Waals surface area contributed by atoms with Crippen molar-refractivity contribution in [1.82, 2.24) is 0 Å². The quantitative estimate of drug-likeness (QED) is 0.603. The number of hydrogen-bond donors (Lipinski definition) is 3. The summed E-state index contributed by atoms with van der Waals surface area (Å²) < 4.78 is 23.4. The normalized spacial score (nSPS) is 11.2. The molecule has 0 heterocycles. The minimum Gasteiger partial charge on any atom is -0.508 e. The van der Waals surface area contributed by atoms with Crippen molar-refractivity contribution in [2.75, 3.05) is 4.72 Å². The van der Waals surface area contributed by atoms with Crippen molar-refractivity contribution < 1.29 is 13.5 Å². The predicted molar refractivity (Wildman–Crippen MR) is 49.6 cm³/mol. The molecule has 0 saturated carbocycles. The SMILES string of the molecule is Cc1cc(O)ccc1NS(N)(=O)=O. The highest BCUT2D eigenvalue weighted by molar-refractivity contribution is 7.90. The third-order valence-electron chi connectivity index (χ3n) is 1.46. The molecule has 0 unspecified atom stereocenters. The molecule has 72 valence electrons. The highest BCUT2D eigenvalue weighted by Gasteiger charge is 2.04. The Labute approximate surface area is 76.4 Å². The Morgan fingerprint density at radius 2 is 2.08 bits per heavy atom. The van der Waals surface area contributed by atoms with Crippen LogP contribution >= 0.6 is 0 Å². The zero-order valence-electron chi connectivity index (χ0n) is 6.98. The van der Waals surface area contributed by atoms with E-state index >= 15 is 0 Å². The van der Waals surface area contributed by atoms with Gasteiger partial charge in [-0.3, -0.25) is 4.72 Å². The van der Waals surface area contributed by atoms with Crippen LogP contribution in [0.5, 0.6) is 5.75 Å². The van der Waals surface area contributed by atoms with Gasteiger partial charge in [-0.1, -0.05) is 0 Å². The van der Waals surface area contributed by atoms with Gasteiger partial charge < -0.3 is 5.11 Å². The first-order valence-corrected chi connectivity index (χ1v) is 5.03. The molecule has 0 aromatic heterocycles. The van der Waals surface area contributed by atoms with Gasteiger partial charge in [-0.25, -0.2) is 5.14 Å². The van der Waals surface area contributed by atoms with E-state index in [9.17, 15) is 8.42 Å². The maximum atomic E-state index is 10.6. The van der Waals surface area contributed by atoms with Crippen molar-refractivity contribution in [1.29, 1.82) is 0 Å². The van der Waals surface area contributed by atoms with Gasteiger partial charge >= 0.3 is 0 Å². The lowest BCUT2D eigenvalue weighted by Gasteiger charge is -2.06. The summed E-state index contributed by atoms with van der Waals surface area (Å²) in [5.74, 6) is 0.0810. The van der Waals surface area contributed by atoms with Crippen molar-refractivity contribution in [2.45, 2.75) is 6.92 Å². The Bertz CT molecular complexity index is 414.